The highest BCUT2D eigenvalue weighted by Gasteiger charge is 2.37. The standard InChI is InChI=1S/C15H26N2O2/c1-11-6-12(8-14(2,3)7-11)13(18)17-15(4,9-16)10-19-5/h11-12H,6-8,10H2,1-5H3,(H,17,18). The van der Waals surface area contributed by atoms with Crippen LogP contribution >= 0.6 is 0 Å². The molecule has 0 spiro atoms. The second kappa shape index (κ2) is 5.92. The van der Waals surface area contributed by atoms with Crippen molar-refractivity contribution in [1.29, 1.82) is 5.26 Å². The van der Waals surface area contributed by atoms with Crippen LogP contribution in [-0.2, 0) is 9.53 Å². The third kappa shape index (κ3) is 4.50. The Morgan fingerprint density at radius 3 is 2.63 bits per heavy atom. The van der Waals surface area contributed by atoms with Gasteiger partial charge in [0.2, 0.25) is 5.91 Å². The van der Waals surface area contributed by atoms with E-state index in [0.717, 1.165) is 19.3 Å². The number of amides is 1. The van der Waals surface area contributed by atoms with Crippen LogP contribution in [0.25, 0.3) is 0 Å². The second-order valence-electron chi connectivity index (χ2n) is 6.98. The molecule has 0 aromatic heterocycles. The third-order valence-electron chi connectivity index (χ3n) is 3.84. The zero-order valence-corrected chi connectivity index (χ0v) is 12.7. The molecule has 3 unspecified atom stereocenters. The fourth-order valence-electron chi connectivity index (χ4n) is 3.30. The minimum absolute atomic E-state index is 0.00304. The van der Waals surface area contributed by atoms with E-state index in [1.165, 1.54) is 7.11 Å². The number of rotatable bonds is 4. The largest absolute Gasteiger partial charge is 0.381 e. The summed E-state index contributed by atoms with van der Waals surface area (Å²) in [5, 5.41) is 12.0. The molecule has 0 radical (unpaired) electrons. The van der Waals surface area contributed by atoms with Crippen LogP contribution < -0.4 is 5.32 Å². The zero-order chi connectivity index (χ0) is 14.7. The van der Waals surface area contributed by atoms with Gasteiger partial charge in [-0.05, 0) is 37.5 Å². The highest BCUT2D eigenvalue weighted by atomic mass is 16.5. The van der Waals surface area contributed by atoms with Crippen molar-refractivity contribution in [3.8, 4) is 6.07 Å². The molecule has 0 heterocycles. The Hall–Kier alpha value is -1.08. The maximum Gasteiger partial charge on any atom is 0.224 e. The minimum Gasteiger partial charge on any atom is -0.381 e. The van der Waals surface area contributed by atoms with Crippen molar-refractivity contribution in [3.05, 3.63) is 0 Å². The Labute approximate surface area is 116 Å². The van der Waals surface area contributed by atoms with E-state index in [-0.39, 0.29) is 23.8 Å². The Bertz CT molecular complexity index is 373. The van der Waals surface area contributed by atoms with Gasteiger partial charge in [-0.15, -0.1) is 0 Å². The number of methoxy groups -OCH3 is 1. The lowest BCUT2D eigenvalue weighted by Crippen LogP contribution is -2.51. The van der Waals surface area contributed by atoms with Gasteiger partial charge >= 0.3 is 0 Å². The first-order valence-corrected chi connectivity index (χ1v) is 6.93. The summed E-state index contributed by atoms with van der Waals surface area (Å²) in [6, 6.07) is 2.12. The highest BCUT2D eigenvalue weighted by Crippen LogP contribution is 2.41. The number of hydrogen-bond donors (Lipinski definition) is 1. The lowest BCUT2D eigenvalue weighted by molar-refractivity contribution is -0.129. The first-order chi connectivity index (χ1) is 8.71. The molecule has 0 saturated heterocycles. The molecule has 1 aliphatic rings. The van der Waals surface area contributed by atoms with Crippen LogP contribution in [0.4, 0.5) is 0 Å². The maximum atomic E-state index is 12.4. The summed E-state index contributed by atoms with van der Waals surface area (Å²) in [7, 11) is 1.54. The lowest BCUT2D eigenvalue weighted by atomic mass is 9.67. The average molecular weight is 266 g/mol. The molecule has 1 saturated carbocycles. The summed E-state index contributed by atoms with van der Waals surface area (Å²) in [4.78, 5) is 12.4. The highest BCUT2D eigenvalue weighted by molar-refractivity contribution is 5.80. The van der Waals surface area contributed by atoms with Gasteiger partial charge in [-0.25, -0.2) is 0 Å². The fraction of sp³-hybridized carbons (Fsp3) is 0.867. The number of hydrogen-bond acceptors (Lipinski definition) is 3. The van der Waals surface area contributed by atoms with Crippen LogP contribution in [0.1, 0.15) is 47.0 Å². The average Bonchev–Trinajstić information content (AvgIpc) is 2.26. The zero-order valence-electron chi connectivity index (χ0n) is 12.7. The van der Waals surface area contributed by atoms with Crippen molar-refractivity contribution >= 4 is 5.91 Å². The van der Waals surface area contributed by atoms with Crippen LogP contribution in [0.2, 0.25) is 0 Å². The molecule has 4 nitrogen and oxygen atoms in total. The van der Waals surface area contributed by atoms with Crippen molar-refractivity contribution in [2.45, 2.75) is 52.5 Å². The molecule has 19 heavy (non-hydrogen) atoms. The molecule has 1 aliphatic carbocycles. The van der Waals surface area contributed by atoms with Crippen molar-refractivity contribution < 1.29 is 9.53 Å². The number of carbonyl (C=O) groups excluding carboxylic acids is 1. The van der Waals surface area contributed by atoms with Crippen LogP contribution in [0, 0.1) is 28.6 Å². The molecular weight excluding hydrogens is 240 g/mol. The first-order valence-electron chi connectivity index (χ1n) is 6.93. The maximum absolute atomic E-state index is 12.4. The number of nitrogens with one attached hydrogen (secondary N) is 1. The smallest absolute Gasteiger partial charge is 0.224 e. The van der Waals surface area contributed by atoms with E-state index >= 15 is 0 Å². The second-order valence-corrected chi connectivity index (χ2v) is 6.98. The monoisotopic (exact) mass is 266 g/mol. The van der Waals surface area contributed by atoms with Crippen LogP contribution in [0.5, 0.6) is 0 Å². The molecule has 0 aromatic rings. The topological polar surface area (TPSA) is 62.1 Å². The third-order valence-corrected chi connectivity index (χ3v) is 3.84. The van der Waals surface area contributed by atoms with Gasteiger partial charge in [-0.3, -0.25) is 4.79 Å². The number of ether oxygens (including phenoxy) is 1. The van der Waals surface area contributed by atoms with Gasteiger partial charge in [0.05, 0.1) is 12.7 Å². The molecule has 1 rings (SSSR count). The normalized spacial score (nSPS) is 29.1. The van der Waals surface area contributed by atoms with E-state index in [1.54, 1.807) is 6.92 Å². The Morgan fingerprint density at radius 1 is 1.53 bits per heavy atom. The van der Waals surface area contributed by atoms with Gasteiger partial charge in [0.15, 0.2) is 0 Å². The van der Waals surface area contributed by atoms with E-state index in [9.17, 15) is 10.1 Å². The van der Waals surface area contributed by atoms with E-state index < -0.39 is 5.54 Å². The van der Waals surface area contributed by atoms with E-state index in [2.05, 4.69) is 32.2 Å². The number of nitrogens with zero attached hydrogens (tertiary/aromatic N) is 1. The molecule has 3 atom stereocenters. The summed E-state index contributed by atoms with van der Waals surface area (Å²) in [5.41, 5.74) is -0.735. The summed E-state index contributed by atoms with van der Waals surface area (Å²) in [5.74, 6) is 0.541. The first kappa shape index (κ1) is 16.0. The number of carbonyl (C=O) groups is 1. The van der Waals surface area contributed by atoms with Crippen molar-refractivity contribution in [3.63, 3.8) is 0 Å². The summed E-state index contributed by atoms with van der Waals surface area (Å²) >= 11 is 0. The molecular formula is C15H26N2O2. The molecule has 108 valence electrons. The van der Waals surface area contributed by atoms with E-state index in [4.69, 9.17) is 4.74 Å². The van der Waals surface area contributed by atoms with Gasteiger partial charge in [0, 0.05) is 13.0 Å². The fourth-order valence-corrected chi connectivity index (χ4v) is 3.30. The molecule has 0 bridgehead atoms. The van der Waals surface area contributed by atoms with E-state index in [1.807, 2.05) is 0 Å². The molecule has 1 amide bonds. The Morgan fingerprint density at radius 2 is 2.16 bits per heavy atom. The van der Waals surface area contributed by atoms with Crippen molar-refractivity contribution in [2.75, 3.05) is 13.7 Å². The van der Waals surface area contributed by atoms with Gasteiger partial charge in [0.25, 0.3) is 0 Å². The summed E-state index contributed by atoms with van der Waals surface area (Å²) in [6.07, 6.45) is 2.95. The van der Waals surface area contributed by atoms with Crippen LogP contribution in [-0.4, -0.2) is 25.2 Å². The quantitative estimate of drug-likeness (QED) is 0.850. The van der Waals surface area contributed by atoms with Crippen molar-refractivity contribution in [1.82, 2.24) is 5.32 Å². The predicted molar refractivity (Wildman–Crippen MR) is 74.3 cm³/mol. The van der Waals surface area contributed by atoms with Gasteiger partial charge in [0.1, 0.15) is 5.54 Å². The molecule has 1 fully saturated rings. The Balaban J connectivity index is 2.70. The van der Waals surface area contributed by atoms with Gasteiger partial charge in [-0.2, -0.15) is 5.26 Å². The van der Waals surface area contributed by atoms with Crippen molar-refractivity contribution in [2.24, 2.45) is 17.3 Å². The van der Waals surface area contributed by atoms with Gasteiger partial charge < -0.3 is 10.1 Å². The van der Waals surface area contributed by atoms with Crippen LogP contribution in [0.15, 0.2) is 0 Å². The Kier molecular flexibility index (Phi) is 4.98. The molecule has 0 aromatic carbocycles. The minimum atomic E-state index is -0.934. The number of nitriles is 1. The summed E-state index contributed by atoms with van der Waals surface area (Å²) < 4.78 is 5.01. The SMILES string of the molecule is COCC(C)(C#N)NC(=O)C1CC(C)CC(C)(C)C1. The van der Waals surface area contributed by atoms with Gasteiger partial charge in [-0.1, -0.05) is 20.8 Å². The molecule has 1 N–H and O–H groups in total. The van der Waals surface area contributed by atoms with E-state index in [0.29, 0.717) is 5.92 Å². The summed E-state index contributed by atoms with van der Waals surface area (Å²) in [6.45, 7) is 8.52. The van der Waals surface area contributed by atoms with Crippen LogP contribution in [0.3, 0.4) is 0 Å². The molecule has 4 heteroatoms. The lowest BCUT2D eigenvalue weighted by Gasteiger charge is -2.39. The predicted octanol–water partition coefficient (Wildman–Crippen LogP) is 2.49. The molecule has 0 aliphatic heterocycles.